The minimum absolute atomic E-state index is 0.217. The third-order valence-electron chi connectivity index (χ3n) is 5.43. The van der Waals surface area contributed by atoms with E-state index in [1.54, 1.807) is 31.4 Å². The molecule has 162 valence electrons. The summed E-state index contributed by atoms with van der Waals surface area (Å²) in [5, 5.41) is 3.18. The maximum Gasteiger partial charge on any atom is 0.282 e. The fraction of sp³-hybridized carbons (Fsp3) is 0.154. The second-order valence-corrected chi connectivity index (χ2v) is 7.54. The van der Waals surface area contributed by atoms with Crippen molar-refractivity contribution < 1.29 is 19.1 Å². The number of para-hydroxylation sites is 1. The summed E-state index contributed by atoms with van der Waals surface area (Å²) < 4.78 is 10.7. The van der Waals surface area contributed by atoms with Crippen LogP contribution in [0.4, 0.5) is 11.4 Å². The van der Waals surface area contributed by atoms with Gasteiger partial charge in [-0.1, -0.05) is 42.0 Å². The van der Waals surface area contributed by atoms with Crippen molar-refractivity contribution >= 4 is 28.8 Å². The molecular formula is C26H24N2O4. The number of methoxy groups -OCH3 is 2. The molecule has 2 amide bonds. The van der Waals surface area contributed by atoms with Crippen LogP contribution in [0.15, 0.2) is 72.4 Å². The largest absolute Gasteiger partial charge is 0.493 e. The molecule has 0 atom stereocenters. The fourth-order valence-corrected chi connectivity index (χ4v) is 3.72. The Kier molecular flexibility index (Phi) is 5.69. The van der Waals surface area contributed by atoms with Crippen molar-refractivity contribution in [2.24, 2.45) is 0 Å². The van der Waals surface area contributed by atoms with Crippen LogP contribution in [0.3, 0.4) is 0 Å². The van der Waals surface area contributed by atoms with Gasteiger partial charge in [0.15, 0.2) is 11.5 Å². The molecule has 0 radical (unpaired) electrons. The predicted molar refractivity (Wildman–Crippen MR) is 125 cm³/mol. The van der Waals surface area contributed by atoms with Crippen LogP contribution in [-0.2, 0) is 9.59 Å². The molecule has 0 aromatic heterocycles. The number of nitrogens with one attached hydrogen (secondary N) is 1. The lowest BCUT2D eigenvalue weighted by Crippen LogP contribution is -2.33. The van der Waals surface area contributed by atoms with Crippen LogP contribution in [-0.4, -0.2) is 26.0 Å². The number of imide groups is 1. The Bertz CT molecular complexity index is 1230. The van der Waals surface area contributed by atoms with Crippen molar-refractivity contribution in [3.63, 3.8) is 0 Å². The number of rotatable bonds is 6. The van der Waals surface area contributed by atoms with Gasteiger partial charge in [-0.3, -0.25) is 9.59 Å². The zero-order valence-corrected chi connectivity index (χ0v) is 18.4. The first-order chi connectivity index (χ1) is 15.4. The first kappa shape index (κ1) is 21.2. The highest BCUT2D eigenvalue weighted by Crippen LogP contribution is 2.38. The number of carbonyl (C=O) groups excluding carboxylic acids is 2. The summed E-state index contributed by atoms with van der Waals surface area (Å²) in [6.07, 6.45) is 0. The van der Waals surface area contributed by atoms with Gasteiger partial charge in [0.05, 0.1) is 25.5 Å². The number of amides is 2. The van der Waals surface area contributed by atoms with Gasteiger partial charge in [-0.05, 0) is 55.3 Å². The van der Waals surface area contributed by atoms with Gasteiger partial charge in [0, 0.05) is 5.69 Å². The quantitative estimate of drug-likeness (QED) is 0.576. The van der Waals surface area contributed by atoms with E-state index in [1.807, 2.05) is 56.3 Å². The number of ether oxygens (including phenoxy) is 2. The molecule has 1 aliphatic heterocycles. The van der Waals surface area contributed by atoms with E-state index >= 15 is 0 Å². The van der Waals surface area contributed by atoms with Crippen molar-refractivity contribution in [3.05, 3.63) is 89.1 Å². The predicted octanol–water partition coefficient (Wildman–Crippen LogP) is 4.72. The third kappa shape index (κ3) is 3.71. The monoisotopic (exact) mass is 428 g/mol. The van der Waals surface area contributed by atoms with E-state index in [-0.39, 0.29) is 11.3 Å². The van der Waals surface area contributed by atoms with E-state index in [9.17, 15) is 9.59 Å². The number of aryl methyl sites for hydroxylation is 2. The molecule has 0 saturated heterocycles. The molecule has 1 heterocycles. The smallest absolute Gasteiger partial charge is 0.282 e. The molecule has 0 spiro atoms. The second kappa shape index (κ2) is 8.59. The summed E-state index contributed by atoms with van der Waals surface area (Å²) in [5.74, 6) is 0.208. The Morgan fingerprint density at radius 2 is 1.47 bits per heavy atom. The molecule has 6 nitrogen and oxygen atoms in total. The molecule has 1 aliphatic rings. The van der Waals surface area contributed by atoms with Gasteiger partial charge in [0.2, 0.25) is 0 Å². The summed E-state index contributed by atoms with van der Waals surface area (Å²) >= 11 is 0. The van der Waals surface area contributed by atoms with E-state index in [1.165, 1.54) is 12.0 Å². The number of carbonyl (C=O) groups is 2. The fourth-order valence-electron chi connectivity index (χ4n) is 3.72. The molecule has 32 heavy (non-hydrogen) atoms. The van der Waals surface area contributed by atoms with Gasteiger partial charge in [-0.15, -0.1) is 0 Å². The molecule has 6 heteroatoms. The lowest BCUT2D eigenvalue weighted by atomic mass is 10.0. The van der Waals surface area contributed by atoms with Crippen LogP contribution in [0.25, 0.3) is 5.57 Å². The molecule has 0 fully saturated rings. The van der Waals surface area contributed by atoms with Crippen LogP contribution in [0.1, 0.15) is 16.7 Å². The lowest BCUT2D eigenvalue weighted by molar-refractivity contribution is -0.120. The summed E-state index contributed by atoms with van der Waals surface area (Å²) in [7, 11) is 3.08. The first-order valence-electron chi connectivity index (χ1n) is 10.2. The van der Waals surface area contributed by atoms with Gasteiger partial charge < -0.3 is 14.8 Å². The maximum atomic E-state index is 13.6. The number of benzene rings is 3. The first-order valence-corrected chi connectivity index (χ1v) is 10.2. The van der Waals surface area contributed by atoms with Gasteiger partial charge >= 0.3 is 0 Å². The summed E-state index contributed by atoms with van der Waals surface area (Å²) in [4.78, 5) is 28.4. The summed E-state index contributed by atoms with van der Waals surface area (Å²) in [6.45, 7) is 3.86. The number of nitrogens with zero attached hydrogens (tertiary/aromatic N) is 1. The molecule has 3 aromatic carbocycles. The van der Waals surface area contributed by atoms with Gasteiger partial charge in [0.1, 0.15) is 5.70 Å². The molecule has 4 rings (SSSR count). The highest BCUT2D eigenvalue weighted by Gasteiger charge is 2.41. The van der Waals surface area contributed by atoms with Gasteiger partial charge in [-0.25, -0.2) is 4.90 Å². The molecule has 3 aromatic rings. The van der Waals surface area contributed by atoms with Crippen LogP contribution in [0, 0.1) is 13.8 Å². The van der Waals surface area contributed by atoms with Crippen LogP contribution in [0.2, 0.25) is 0 Å². The lowest BCUT2D eigenvalue weighted by Gasteiger charge is -2.17. The van der Waals surface area contributed by atoms with E-state index in [4.69, 9.17) is 9.47 Å². The van der Waals surface area contributed by atoms with Crippen LogP contribution < -0.4 is 19.7 Å². The number of hydrogen-bond acceptors (Lipinski definition) is 5. The van der Waals surface area contributed by atoms with Crippen molar-refractivity contribution in [2.75, 3.05) is 24.4 Å². The van der Waals surface area contributed by atoms with E-state index in [0.717, 1.165) is 16.8 Å². The Labute approximate surface area is 187 Å². The molecule has 0 bridgehead atoms. The van der Waals surface area contributed by atoms with Gasteiger partial charge in [0.25, 0.3) is 11.8 Å². The van der Waals surface area contributed by atoms with E-state index in [0.29, 0.717) is 22.7 Å². The molecular weight excluding hydrogens is 404 g/mol. The van der Waals surface area contributed by atoms with Crippen molar-refractivity contribution in [1.29, 1.82) is 0 Å². The molecule has 0 saturated carbocycles. The highest BCUT2D eigenvalue weighted by molar-refractivity contribution is 6.46. The topological polar surface area (TPSA) is 67.9 Å². The Balaban J connectivity index is 1.86. The SMILES string of the molecule is COc1ccc(C2=C(Nc3ccc(C)cc3)C(=O)N(c3ccccc3C)C2=O)cc1OC. The normalized spacial score (nSPS) is 13.6. The van der Waals surface area contributed by atoms with Crippen molar-refractivity contribution in [3.8, 4) is 11.5 Å². The van der Waals surface area contributed by atoms with Crippen LogP contribution in [0.5, 0.6) is 11.5 Å². The van der Waals surface area contributed by atoms with E-state index in [2.05, 4.69) is 5.32 Å². The number of hydrogen-bond donors (Lipinski definition) is 1. The van der Waals surface area contributed by atoms with Crippen LogP contribution >= 0.6 is 0 Å². The summed E-state index contributed by atoms with van der Waals surface area (Å²) in [6, 6.07) is 20.1. The van der Waals surface area contributed by atoms with Crippen molar-refractivity contribution in [1.82, 2.24) is 0 Å². The zero-order chi connectivity index (χ0) is 22.8. The molecule has 0 aliphatic carbocycles. The Hall–Kier alpha value is -4.06. The van der Waals surface area contributed by atoms with Crippen molar-refractivity contribution in [2.45, 2.75) is 13.8 Å². The Morgan fingerprint density at radius 1 is 0.781 bits per heavy atom. The average molecular weight is 428 g/mol. The summed E-state index contributed by atoms with van der Waals surface area (Å²) in [5.41, 5.74) is 4.26. The highest BCUT2D eigenvalue weighted by atomic mass is 16.5. The minimum atomic E-state index is -0.408. The van der Waals surface area contributed by atoms with Gasteiger partial charge in [-0.2, -0.15) is 0 Å². The minimum Gasteiger partial charge on any atom is -0.493 e. The zero-order valence-electron chi connectivity index (χ0n) is 18.4. The second-order valence-electron chi connectivity index (χ2n) is 7.54. The van der Waals surface area contributed by atoms with E-state index < -0.39 is 11.8 Å². The Morgan fingerprint density at radius 3 is 2.12 bits per heavy atom. The standard InChI is InChI=1S/C26H24N2O4/c1-16-9-12-19(13-10-16)27-24-23(18-11-14-21(31-3)22(15-18)32-4)25(29)28(26(24)30)20-8-6-5-7-17(20)2/h5-15,27H,1-4H3. The average Bonchev–Trinajstić information content (AvgIpc) is 3.04. The third-order valence-corrected chi connectivity index (χ3v) is 5.43. The number of anilines is 2. The molecule has 1 N–H and O–H groups in total. The maximum absolute atomic E-state index is 13.6. The molecule has 0 unspecified atom stereocenters.